The van der Waals surface area contributed by atoms with Crippen molar-refractivity contribution < 1.29 is 37.9 Å². The van der Waals surface area contributed by atoms with Crippen LogP contribution < -0.4 is 0 Å². The van der Waals surface area contributed by atoms with Crippen molar-refractivity contribution >= 4 is 11.6 Å². The molecule has 0 bridgehead atoms. The van der Waals surface area contributed by atoms with Crippen LogP contribution in [0.2, 0.25) is 0 Å². The van der Waals surface area contributed by atoms with Gasteiger partial charge in [0.25, 0.3) is 0 Å². The van der Waals surface area contributed by atoms with Gasteiger partial charge in [-0.3, -0.25) is 9.59 Å². The second-order valence-electron chi connectivity index (χ2n) is 5.53. The van der Waals surface area contributed by atoms with E-state index in [4.69, 9.17) is 13.7 Å². The normalized spacial score (nSPS) is 23.8. The first-order valence-corrected chi connectivity index (χ1v) is 7.91. The number of hydrogen-bond donors (Lipinski definition) is 1. The van der Waals surface area contributed by atoms with Gasteiger partial charge in [-0.15, -0.1) is 0 Å². The Hall–Kier alpha value is -1.62. The smallest absolute Gasteiger partial charge is 0.228 e. The van der Waals surface area contributed by atoms with Crippen LogP contribution in [0.3, 0.4) is 0 Å². The standard InChI is InChI=1S/C19H30O5/c1-14-15(12-10-8-6-4-5-7-9-11-13-20)17(22)19(24-3)18(23-2)16(14)21/h20H,4-13H2,1-3H3/i2D3,3D3,11D2,13D2. The maximum Gasteiger partial charge on any atom is 0.228 e. The Labute approximate surface area is 158 Å². The predicted octanol–water partition coefficient (Wildman–Crippen LogP) is 3.46. The number of hydrogen-bond acceptors (Lipinski definition) is 5. The molecule has 1 N–H and O–H groups in total. The number of carbonyl (C=O) groups excluding carboxylic acids is 2. The lowest BCUT2D eigenvalue weighted by atomic mass is 9.89. The Morgan fingerprint density at radius 3 is 2.04 bits per heavy atom. The third-order valence-electron chi connectivity index (χ3n) is 3.95. The third-order valence-corrected chi connectivity index (χ3v) is 3.95. The van der Waals surface area contributed by atoms with E-state index in [0.29, 0.717) is 38.5 Å². The number of allylic oxidation sites excluding steroid dienone is 2. The van der Waals surface area contributed by atoms with Gasteiger partial charge in [0, 0.05) is 20.4 Å². The minimum atomic E-state index is -3.10. The zero-order valence-corrected chi connectivity index (χ0v) is 13.7. The largest absolute Gasteiger partial charge is 0.489 e. The fourth-order valence-corrected chi connectivity index (χ4v) is 2.59. The molecule has 0 saturated carbocycles. The van der Waals surface area contributed by atoms with E-state index in [9.17, 15) is 14.7 Å². The average Bonchev–Trinajstić information content (AvgIpc) is 2.64. The molecule has 0 heterocycles. The van der Waals surface area contributed by atoms with Crippen LogP contribution in [-0.2, 0) is 19.1 Å². The Bertz CT molecular complexity index is 819. The molecule has 0 atom stereocenters. The quantitative estimate of drug-likeness (QED) is 0.432. The van der Waals surface area contributed by atoms with Gasteiger partial charge in [-0.05, 0) is 26.1 Å². The van der Waals surface area contributed by atoms with E-state index in [1.165, 1.54) is 6.92 Å². The molecule has 0 aliphatic heterocycles. The molecule has 5 nitrogen and oxygen atoms in total. The van der Waals surface area contributed by atoms with Crippen molar-refractivity contribution in [3.8, 4) is 0 Å². The molecule has 136 valence electrons. The first-order valence-electron chi connectivity index (χ1n) is 12.9. The summed E-state index contributed by atoms with van der Waals surface area (Å²) in [6.45, 7) is -1.58. The molecule has 0 fully saturated rings. The van der Waals surface area contributed by atoms with Gasteiger partial charge < -0.3 is 14.6 Å². The lowest BCUT2D eigenvalue weighted by Gasteiger charge is -2.20. The maximum atomic E-state index is 12.8. The van der Waals surface area contributed by atoms with E-state index >= 15 is 0 Å². The van der Waals surface area contributed by atoms with Crippen LogP contribution in [0.5, 0.6) is 0 Å². The summed E-state index contributed by atoms with van der Waals surface area (Å²) < 4.78 is 81.6. The second-order valence-corrected chi connectivity index (χ2v) is 5.53. The predicted molar refractivity (Wildman–Crippen MR) is 92.4 cm³/mol. The highest BCUT2D eigenvalue weighted by Crippen LogP contribution is 2.28. The van der Waals surface area contributed by atoms with Crippen molar-refractivity contribution in [1.82, 2.24) is 0 Å². The molecule has 0 aromatic heterocycles. The monoisotopic (exact) mass is 348 g/mol. The Morgan fingerprint density at radius 2 is 1.46 bits per heavy atom. The summed E-state index contributed by atoms with van der Waals surface area (Å²) in [6.07, 6.45) is 1.21. The summed E-state index contributed by atoms with van der Waals surface area (Å²) in [5.41, 5.74) is -0.0110. The van der Waals surface area contributed by atoms with Crippen molar-refractivity contribution in [2.75, 3.05) is 20.6 Å². The number of unbranched alkanes of at least 4 members (excludes halogenated alkanes) is 5. The van der Waals surface area contributed by atoms with E-state index in [1.54, 1.807) is 0 Å². The highest BCUT2D eigenvalue weighted by atomic mass is 16.5. The van der Waals surface area contributed by atoms with E-state index < -0.39 is 50.1 Å². The summed E-state index contributed by atoms with van der Waals surface area (Å²) in [7, 11) is -6.19. The van der Waals surface area contributed by atoms with Crippen LogP contribution in [0.25, 0.3) is 0 Å². The number of Topliss-reactive ketones (excluding diaryl/α,β-unsaturated/α-hetero) is 2. The molecule has 0 aromatic rings. The summed E-state index contributed by atoms with van der Waals surface area (Å²) in [6, 6.07) is 0. The molecule has 1 aliphatic carbocycles. The van der Waals surface area contributed by atoms with Crippen molar-refractivity contribution in [3.05, 3.63) is 22.7 Å². The molecule has 0 unspecified atom stereocenters. The fourth-order valence-electron chi connectivity index (χ4n) is 2.59. The summed E-state index contributed by atoms with van der Waals surface area (Å²) in [5, 5.41) is 9.18. The Kier molecular flexibility index (Phi) is 4.48. The van der Waals surface area contributed by atoms with Crippen molar-refractivity contribution in [1.29, 1.82) is 0 Å². The number of aliphatic hydroxyl groups is 1. The summed E-state index contributed by atoms with van der Waals surface area (Å²) in [4.78, 5) is 25.5. The molecule has 24 heavy (non-hydrogen) atoms. The Morgan fingerprint density at radius 1 is 0.917 bits per heavy atom. The van der Waals surface area contributed by atoms with Gasteiger partial charge in [-0.25, -0.2) is 0 Å². The van der Waals surface area contributed by atoms with Crippen molar-refractivity contribution in [2.24, 2.45) is 0 Å². The van der Waals surface area contributed by atoms with Gasteiger partial charge in [-0.2, -0.15) is 0 Å². The van der Waals surface area contributed by atoms with Gasteiger partial charge in [-0.1, -0.05) is 38.5 Å². The SMILES string of the molecule is [2H]C([2H])([2H])OC1=C(OC([2H])([2H])[2H])C(=O)C(CCCCCCCCC([2H])([2H])C([2H])([2H])O)=C(C)C1=O. The molecular formula is C19H30O5. The second kappa shape index (κ2) is 11.0. The van der Waals surface area contributed by atoms with E-state index in [0.717, 1.165) is 0 Å². The van der Waals surface area contributed by atoms with E-state index in [-0.39, 0.29) is 24.0 Å². The molecule has 5 heteroatoms. The highest BCUT2D eigenvalue weighted by Gasteiger charge is 2.34. The maximum absolute atomic E-state index is 12.8. The molecule has 0 radical (unpaired) electrons. The van der Waals surface area contributed by atoms with Gasteiger partial charge in [0.15, 0.2) is 0 Å². The van der Waals surface area contributed by atoms with Gasteiger partial charge in [0.2, 0.25) is 23.1 Å². The minimum Gasteiger partial charge on any atom is -0.489 e. The number of rotatable bonds is 12. The lowest BCUT2D eigenvalue weighted by Crippen LogP contribution is -2.25. The number of ketones is 2. The highest BCUT2D eigenvalue weighted by molar-refractivity contribution is 6.23. The average molecular weight is 349 g/mol. The lowest BCUT2D eigenvalue weighted by molar-refractivity contribution is -0.121. The molecule has 0 amide bonds. The van der Waals surface area contributed by atoms with Gasteiger partial charge >= 0.3 is 0 Å². The summed E-state index contributed by atoms with van der Waals surface area (Å²) >= 11 is 0. The first-order chi connectivity index (χ1) is 15.3. The number of methoxy groups -OCH3 is 2. The number of ether oxygens (including phenoxy) is 2. The molecular weight excluding hydrogens is 308 g/mol. The van der Waals surface area contributed by atoms with Crippen LogP contribution in [0.4, 0.5) is 0 Å². The molecule has 0 spiro atoms. The van der Waals surface area contributed by atoms with Crippen molar-refractivity contribution in [2.45, 2.75) is 64.7 Å². The van der Waals surface area contributed by atoms with Gasteiger partial charge in [0.05, 0.1) is 25.0 Å². The van der Waals surface area contributed by atoms with Crippen LogP contribution in [0, 0.1) is 0 Å². The first kappa shape index (κ1) is 9.76. The van der Waals surface area contributed by atoms with Crippen molar-refractivity contribution in [3.63, 3.8) is 0 Å². The van der Waals surface area contributed by atoms with Crippen LogP contribution >= 0.6 is 0 Å². The van der Waals surface area contributed by atoms with E-state index in [1.807, 2.05) is 0 Å². The summed E-state index contributed by atoms with van der Waals surface area (Å²) in [5.74, 6) is -3.73. The molecule has 1 aliphatic rings. The zero-order chi connectivity index (χ0) is 26.5. The number of carbonyl (C=O) groups is 2. The van der Waals surface area contributed by atoms with Crippen LogP contribution in [-0.4, -0.2) is 37.3 Å². The molecule has 0 aromatic carbocycles. The minimum absolute atomic E-state index is 0.0283. The molecule has 0 saturated heterocycles. The Balaban J connectivity index is 2.69. The fraction of sp³-hybridized carbons (Fsp3) is 0.684. The van der Waals surface area contributed by atoms with Crippen LogP contribution in [0.15, 0.2) is 22.7 Å². The third kappa shape index (κ3) is 5.48. The topological polar surface area (TPSA) is 72.8 Å². The van der Waals surface area contributed by atoms with Crippen LogP contribution in [0.1, 0.15) is 78.4 Å². The van der Waals surface area contributed by atoms with Gasteiger partial charge in [0.1, 0.15) is 0 Å². The zero-order valence-electron chi connectivity index (χ0n) is 23.7. The van der Waals surface area contributed by atoms with E-state index in [2.05, 4.69) is 9.47 Å². The molecule has 1 rings (SSSR count).